The molecule has 0 spiro atoms. The van der Waals surface area contributed by atoms with E-state index in [0.29, 0.717) is 11.4 Å². The molecule has 66 valence electrons. The summed E-state index contributed by atoms with van der Waals surface area (Å²) in [7, 11) is 1.79. The van der Waals surface area contributed by atoms with E-state index in [9.17, 15) is 4.79 Å². The van der Waals surface area contributed by atoms with Crippen molar-refractivity contribution < 1.29 is 4.79 Å². The largest absolute Gasteiger partial charge is 0.398 e. The number of benzene rings is 1. The Bertz CT molecular complexity index is 473. The summed E-state index contributed by atoms with van der Waals surface area (Å²) in [5, 5.41) is 4.77. The van der Waals surface area contributed by atoms with E-state index in [-0.39, 0.29) is 0 Å². The van der Waals surface area contributed by atoms with Crippen LogP contribution in [0.3, 0.4) is 0 Å². The molecule has 0 aliphatic rings. The molecule has 0 saturated carbocycles. The minimum atomic E-state index is 0.399. The Morgan fingerprint density at radius 1 is 1.54 bits per heavy atom. The second-order valence-corrected chi connectivity index (χ2v) is 2.87. The van der Waals surface area contributed by atoms with E-state index in [1.807, 2.05) is 12.1 Å². The maximum Gasteiger partial charge on any atom is 0.171 e. The average Bonchev–Trinajstić information content (AvgIpc) is 2.45. The fourth-order valence-electron chi connectivity index (χ4n) is 1.45. The van der Waals surface area contributed by atoms with Gasteiger partial charge in [-0.15, -0.1) is 0 Å². The molecule has 13 heavy (non-hydrogen) atoms. The number of aromatic nitrogens is 2. The van der Waals surface area contributed by atoms with Gasteiger partial charge in [-0.25, -0.2) is 0 Å². The zero-order valence-electron chi connectivity index (χ0n) is 7.19. The van der Waals surface area contributed by atoms with Crippen LogP contribution >= 0.6 is 0 Å². The first-order valence-corrected chi connectivity index (χ1v) is 3.90. The smallest absolute Gasteiger partial charge is 0.171 e. The molecule has 2 N–H and O–H groups in total. The molecule has 2 aromatic rings. The lowest BCUT2D eigenvalue weighted by molar-refractivity contribution is 0.112. The Morgan fingerprint density at radius 2 is 2.31 bits per heavy atom. The highest BCUT2D eigenvalue weighted by atomic mass is 16.1. The standard InChI is InChI=1S/C9H9N3O/c1-12-8-4-2-3-6(10)9(8)7(5-13)11-12/h2-5H,10H2,1H3. The predicted molar refractivity (Wildman–Crippen MR) is 50.5 cm³/mol. The van der Waals surface area contributed by atoms with E-state index >= 15 is 0 Å². The molecule has 4 heteroatoms. The third kappa shape index (κ3) is 0.989. The van der Waals surface area contributed by atoms with Crippen LogP contribution in [0.1, 0.15) is 10.5 Å². The number of carbonyl (C=O) groups excluding carboxylic acids is 1. The van der Waals surface area contributed by atoms with Gasteiger partial charge in [-0.05, 0) is 12.1 Å². The van der Waals surface area contributed by atoms with E-state index in [2.05, 4.69) is 5.10 Å². The van der Waals surface area contributed by atoms with Crippen molar-refractivity contribution in [1.29, 1.82) is 0 Å². The van der Waals surface area contributed by atoms with Crippen LogP contribution in [0.4, 0.5) is 5.69 Å². The third-order valence-corrected chi connectivity index (χ3v) is 2.05. The van der Waals surface area contributed by atoms with Crippen LogP contribution in [0.25, 0.3) is 10.9 Å². The molecule has 1 aromatic carbocycles. The Morgan fingerprint density at radius 3 is 3.00 bits per heavy atom. The lowest BCUT2D eigenvalue weighted by Gasteiger charge is -1.95. The summed E-state index contributed by atoms with van der Waals surface area (Å²) in [6.07, 6.45) is 0.721. The van der Waals surface area contributed by atoms with Crippen molar-refractivity contribution in [3.05, 3.63) is 23.9 Å². The molecule has 0 radical (unpaired) electrons. The second-order valence-electron chi connectivity index (χ2n) is 2.87. The number of rotatable bonds is 1. The molecule has 4 nitrogen and oxygen atoms in total. The molecule has 0 aliphatic heterocycles. The number of fused-ring (bicyclic) bond motifs is 1. The topological polar surface area (TPSA) is 60.9 Å². The van der Waals surface area contributed by atoms with Gasteiger partial charge in [-0.2, -0.15) is 5.10 Å². The number of aryl methyl sites for hydroxylation is 1. The fourth-order valence-corrected chi connectivity index (χ4v) is 1.45. The summed E-state index contributed by atoms with van der Waals surface area (Å²) >= 11 is 0. The van der Waals surface area contributed by atoms with Crippen molar-refractivity contribution in [3.8, 4) is 0 Å². The summed E-state index contributed by atoms with van der Waals surface area (Å²) in [5.41, 5.74) is 7.60. The van der Waals surface area contributed by atoms with Crippen LogP contribution in [0, 0.1) is 0 Å². The van der Waals surface area contributed by atoms with Crippen molar-refractivity contribution in [2.45, 2.75) is 0 Å². The Balaban J connectivity index is 2.96. The maximum absolute atomic E-state index is 10.7. The molecule has 0 saturated heterocycles. The van der Waals surface area contributed by atoms with Crippen LogP contribution in [-0.4, -0.2) is 16.1 Å². The van der Waals surface area contributed by atoms with E-state index in [1.165, 1.54) is 0 Å². The highest BCUT2D eigenvalue weighted by Gasteiger charge is 2.09. The molecule has 0 bridgehead atoms. The minimum absolute atomic E-state index is 0.399. The van der Waals surface area contributed by atoms with Crippen molar-refractivity contribution in [3.63, 3.8) is 0 Å². The zero-order chi connectivity index (χ0) is 9.42. The second kappa shape index (κ2) is 2.58. The average molecular weight is 175 g/mol. The zero-order valence-corrected chi connectivity index (χ0v) is 7.19. The number of nitrogens with two attached hydrogens (primary N) is 1. The first-order chi connectivity index (χ1) is 6.24. The van der Waals surface area contributed by atoms with Gasteiger partial charge in [0, 0.05) is 12.7 Å². The predicted octanol–water partition coefficient (Wildman–Crippen LogP) is 0.968. The molecule has 0 fully saturated rings. The SMILES string of the molecule is Cn1nc(C=O)c2c(N)cccc21. The van der Waals surface area contributed by atoms with E-state index in [4.69, 9.17) is 5.73 Å². The molecule has 2 rings (SSSR count). The number of anilines is 1. The highest BCUT2D eigenvalue weighted by molar-refractivity contribution is 6.02. The van der Waals surface area contributed by atoms with Gasteiger partial charge in [-0.1, -0.05) is 6.07 Å². The Kier molecular flexibility index (Phi) is 1.55. The number of hydrogen-bond acceptors (Lipinski definition) is 3. The molecule has 0 atom stereocenters. The lowest BCUT2D eigenvalue weighted by atomic mass is 10.2. The van der Waals surface area contributed by atoms with Gasteiger partial charge in [0.15, 0.2) is 6.29 Å². The summed E-state index contributed by atoms with van der Waals surface area (Å²) in [6.45, 7) is 0. The highest BCUT2D eigenvalue weighted by Crippen LogP contribution is 2.22. The van der Waals surface area contributed by atoms with Gasteiger partial charge in [0.05, 0.1) is 10.9 Å². The van der Waals surface area contributed by atoms with Crippen LogP contribution in [0.5, 0.6) is 0 Å². The Hall–Kier alpha value is -1.84. The first-order valence-electron chi connectivity index (χ1n) is 3.90. The molecule has 0 aliphatic carbocycles. The number of carbonyl (C=O) groups is 1. The van der Waals surface area contributed by atoms with Gasteiger partial charge in [0.1, 0.15) is 5.69 Å². The number of aldehydes is 1. The summed E-state index contributed by atoms with van der Waals surface area (Å²) in [6, 6.07) is 5.48. The Labute approximate surface area is 75.0 Å². The number of hydrogen-bond donors (Lipinski definition) is 1. The van der Waals surface area contributed by atoms with E-state index < -0.39 is 0 Å². The van der Waals surface area contributed by atoms with Crippen molar-refractivity contribution >= 4 is 22.9 Å². The monoisotopic (exact) mass is 175 g/mol. The maximum atomic E-state index is 10.7. The third-order valence-electron chi connectivity index (χ3n) is 2.05. The van der Waals surface area contributed by atoms with E-state index in [1.54, 1.807) is 17.8 Å². The van der Waals surface area contributed by atoms with Gasteiger partial charge in [0.2, 0.25) is 0 Å². The lowest BCUT2D eigenvalue weighted by Crippen LogP contribution is -1.90. The molecule has 0 amide bonds. The quantitative estimate of drug-likeness (QED) is 0.519. The van der Waals surface area contributed by atoms with Crippen LogP contribution in [0.2, 0.25) is 0 Å². The molecular weight excluding hydrogens is 166 g/mol. The van der Waals surface area contributed by atoms with Gasteiger partial charge in [-0.3, -0.25) is 9.48 Å². The van der Waals surface area contributed by atoms with Crippen molar-refractivity contribution in [2.75, 3.05) is 5.73 Å². The summed E-state index contributed by atoms with van der Waals surface area (Å²) in [5.74, 6) is 0. The van der Waals surface area contributed by atoms with E-state index in [0.717, 1.165) is 17.2 Å². The van der Waals surface area contributed by atoms with Crippen LogP contribution < -0.4 is 5.73 Å². The molecule has 1 aromatic heterocycles. The van der Waals surface area contributed by atoms with Crippen LogP contribution in [-0.2, 0) is 7.05 Å². The van der Waals surface area contributed by atoms with Crippen LogP contribution in [0.15, 0.2) is 18.2 Å². The molecule has 1 heterocycles. The van der Waals surface area contributed by atoms with Crippen molar-refractivity contribution in [2.24, 2.45) is 7.05 Å². The van der Waals surface area contributed by atoms with Gasteiger partial charge in [0.25, 0.3) is 0 Å². The van der Waals surface area contributed by atoms with Gasteiger partial charge >= 0.3 is 0 Å². The first kappa shape index (κ1) is 7.79. The normalized spacial score (nSPS) is 10.5. The summed E-state index contributed by atoms with van der Waals surface area (Å²) in [4.78, 5) is 10.7. The van der Waals surface area contributed by atoms with Crippen molar-refractivity contribution in [1.82, 2.24) is 9.78 Å². The molecule has 0 unspecified atom stereocenters. The number of nitrogen functional groups attached to an aromatic ring is 1. The molecular formula is C9H9N3O. The van der Waals surface area contributed by atoms with Gasteiger partial charge < -0.3 is 5.73 Å². The minimum Gasteiger partial charge on any atom is -0.398 e. The fraction of sp³-hybridized carbons (Fsp3) is 0.111. The summed E-state index contributed by atoms with van der Waals surface area (Å²) < 4.78 is 1.65. The number of nitrogens with zero attached hydrogens (tertiary/aromatic N) is 2.